The highest BCUT2D eigenvalue weighted by atomic mass is 15.3. The highest BCUT2D eigenvalue weighted by Gasteiger charge is 2.45. The van der Waals surface area contributed by atoms with Crippen LogP contribution in [0.3, 0.4) is 0 Å². The minimum atomic E-state index is 0.575. The van der Waals surface area contributed by atoms with Crippen LogP contribution in [0.15, 0.2) is 5.11 Å². The molecule has 0 radical (unpaired) electrons. The van der Waals surface area contributed by atoms with Crippen LogP contribution in [0.2, 0.25) is 0 Å². The number of nitrogens with zero attached hydrogens (tertiary/aromatic N) is 5. The van der Waals surface area contributed by atoms with Crippen molar-refractivity contribution in [2.75, 3.05) is 46.3 Å². The Labute approximate surface area is 84.3 Å². The first-order chi connectivity index (χ1) is 6.74. The second-order valence-electron chi connectivity index (χ2n) is 4.65. The van der Waals surface area contributed by atoms with Crippen molar-refractivity contribution < 1.29 is 0 Å². The van der Waals surface area contributed by atoms with Gasteiger partial charge in [-0.1, -0.05) is 5.11 Å². The maximum Gasteiger partial charge on any atom is 0.0385 e. The fraction of sp³-hybridized carbons (Fsp3) is 1.00. The van der Waals surface area contributed by atoms with Gasteiger partial charge in [-0.05, 0) is 25.5 Å². The summed E-state index contributed by atoms with van der Waals surface area (Å²) in [7, 11) is 2.17. The molecule has 0 N–H and O–H groups in total. The lowest BCUT2D eigenvalue weighted by Gasteiger charge is -2.46. The van der Waals surface area contributed by atoms with E-state index in [1.807, 2.05) is 0 Å². The molecule has 5 heteroatoms. The molecular weight excluding hydrogens is 178 g/mol. The Bertz CT molecular complexity index is 252. The van der Waals surface area contributed by atoms with E-state index >= 15 is 0 Å². The molecule has 0 bridgehead atoms. The van der Waals surface area contributed by atoms with E-state index < -0.39 is 0 Å². The van der Waals surface area contributed by atoms with Gasteiger partial charge in [-0.2, -0.15) is 0 Å². The lowest BCUT2D eigenvalue weighted by Crippen LogP contribution is -2.55. The molecule has 2 rings (SSSR count). The Morgan fingerprint density at radius 3 is 2.86 bits per heavy atom. The van der Waals surface area contributed by atoms with Crippen LogP contribution in [-0.2, 0) is 0 Å². The van der Waals surface area contributed by atoms with E-state index in [9.17, 15) is 0 Å². The zero-order chi connectivity index (χ0) is 10.0. The third-order valence-electron chi connectivity index (χ3n) is 3.31. The van der Waals surface area contributed by atoms with Crippen LogP contribution in [0.1, 0.15) is 6.42 Å². The van der Waals surface area contributed by atoms with Crippen LogP contribution >= 0.6 is 0 Å². The van der Waals surface area contributed by atoms with E-state index in [-0.39, 0.29) is 0 Å². The number of likely N-dealkylation sites (tertiary alicyclic amines) is 2. The number of rotatable bonds is 3. The summed E-state index contributed by atoms with van der Waals surface area (Å²) in [6.07, 6.45) is 1.31. The highest BCUT2D eigenvalue weighted by Crippen LogP contribution is 2.38. The monoisotopic (exact) mass is 195 g/mol. The molecule has 0 saturated carbocycles. The molecule has 5 nitrogen and oxygen atoms in total. The van der Waals surface area contributed by atoms with Gasteiger partial charge in [0.2, 0.25) is 0 Å². The van der Waals surface area contributed by atoms with Crippen LogP contribution < -0.4 is 0 Å². The minimum absolute atomic E-state index is 0.575. The zero-order valence-corrected chi connectivity index (χ0v) is 8.69. The molecule has 0 amide bonds. The number of hydrogen-bond acceptors (Lipinski definition) is 3. The predicted octanol–water partition coefficient (Wildman–Crippen LogP) is 0.934. The lowest BCUT2D eigenvalue weighted by molar-refractivity contribution is 0.0311. The van der Waals surface area contributed by atoms with E-state index in [4.69, 9.17) is 5.53 Å². The van der Waals surface area contributed by atoms with Gasteiger partial charge in [0.1, 0.15) is 0 Å². The summed E-state index contributed by atoms with van der Waals surface area (Å²) < 4.78 is 0. The lowest BCUT2D eigenvalue weighted by atomic mass is 9.79. The molecule has 2 fully saturated rings. The fourth-order valence-corrected chi connectivity index (χ4v) is 2.81. The normalized spacial score (nSPS) is 26.1. The summed E-state index contributed by atoms with van der Waals surface area (Å²) in [5.41, 5.74) is 8.74. The van der Waals surface area contributed by atoms with Crippen molar-refractivity contribution in [2.24, 2.45) is 10.5 Å². The van der Waals surface area contributed by atoms with Gasteiger partial charge >= 0.3 is 0 Å². The SMILES string of the molecule is CN1CC2(CCN(CCN=[N+]=[N-])C2)C1. The standard InChI is InChI=1S/C9H17N5/c1-13-6-9(7-13)2-4-14(8-9)5-3-11-12-10/h2-8H2,1H3. The Hall–Kier alpha value is -0.770. The number of azide groups is 1. The first kappa shape index (κ1) is 9.77. The van der Waals surface area contributed by atoms with Gasteiger partial charge in [0, 0.05) is 43.1 Å². The summed E-state index contributed by atoms with van der Waals surface area (Å²) in [4.78, 5) is 7.56. The molecule has 2 aliphatic rings. The molecule has 78 valence electrons. The molecule has 1 spiro atoms. The van der Waals surface area contributed by atoms with Gasteiger partial charge in [0.15, 0.2) is 0 Å². The zero-order valence-electron chi connectivity index (χ0n) is 8.69. The van der Waals surface area contributed by atoms with Gasteiger partial charge in [-0.3, -0.25) is 0 Å². The van der Waals surface area contributed by atoms with Crippen molar-refractivity contribution in [1.29, 1.82) is 0 Å². The Morgan fingerprint density at radius 1 is 1.43 bits per heavy atom. The van der Waals surface area contributed by atoms with Gasteiger partial charge < -0.3 is 9.80 Å². The van der Waals surface area contributed by atoms with Crippen molar-refractivity contribution >= 4 is 0 Å². The molecule has 0 atom stereocenters. The maximum absolute atomic E-state index is 8.17. The topological polar surface area (TPSA) is 55.2 Å². The molecule has 0 unspecified atom stereocenters. The Morgan fingerprint density at radius 2 is 2.21 bits per heavy atom. The average molecular weight is 195 g/mol. The highest BCUT2D eigenvalue weighted by molar-refractivity contribution is 5.00. The van der Waals surface area contributed by atoms with Crippen molar-refractivity contribution in [3.8, 4) is 0 Å². The summed E-state index contributed by atoms with van der Waals surface area (Å²) >= 11 is 0. The molecule has 2 heterocycles. The molecule has 0 aliphatic carbocycles. The van der Waals surface area contributed by atoms with Gasteiger partial charge in [-0.15, -0.1) is 0 Å². The van der Waals surface area contributed by atoms with E-state index in [0.29, 0.717) is 12.0 Å². The van der Waals surface area contributed by atoms with Crippen molar-refractivity contribution in [2.45, 2.75) is 6.42 Å². The predicted molar refractivity (Wildman–Crippen MR) is 55.0 cm³/mol. The molecule has 2 aliphatic heterocycles. The second kappa shape index (κ2) is 3.77. The van der Waals surface area contributed by atoms with E-state index in [1.165, 1.54) is 32.6 Å². The van der Waals surface area contributed by atoms with E-state index in [0.717, 1.165) is 6.54 Å². The van der Waals surface area contributed by atoms with Crippen LogP contribution in [0.4, 0.5) is 0 Å². The molecule has 14 heavy (non-hydrogen) atoms. The maximum atomic E-state index is 8.17. The summed E-state index contributed by atoms with van der Waals surface area (Å²) in [5, 5.41) is 3.57. The summed E-state index contributed by atoms with van der Waals surface area (Å²) in [5.74, 6) is 0. The van der Waals surface area contributed by atoms with Crippen molar-refractivity contribution in [1.82, 2.24) is 9.80 Å². The van der Waals surface area contributed by atoms with Gasteiger partial charge in [0.05, 0.1) is 0 Å². The van der Waals surface area contributed by atoms with Gasteiger partial charge in [-0.25, -0.2) is 0 Å². The average Bonchev–Trinajstić information content (AvgIpc) is 2.49. The summed E-state index contributed by atoms with van der Waals surface area (Å²) in [6, 6.07) is 0. The largest absolute Gasteiger partial charge is 0.305 e. The first-order valence-electron chi connectivity index (χ1n) is 5.16. The fourth-order valence-electron chi connectivity index (χ4n) is 2.81. The third-order valence-corrected chi connectivity index (χ3v) is 3.31. The third kappa shape index (κ3) is 1.85. The van der Waals surface area contributed by atoms with Crippen LogP contribution in [-0.4, -0.2) is 56.1 Å². The minimum Gasteiger partial charge on any atom is -0.305 e. The van der Waals surface area contributed by atoms with Gasteiger partial charge in [0.25, 0.3) is 0 Å². The van der Waals surface area contributed by atoms with E-state index in [1.54, 1.807) is 0 Å². The molecule has 0 aromatic carbocycles. The summed E-state index contributed by atoms with van der Waals surface area (Å²) in [6.45, 7) is 6.39. The smallest absolute Gasteiger partial charge is 0.0385 e. The Kier molecular flexibility index (Phi) is 2.63. The van der Waals surface area contributed by atoms with Crippen molar-refractivity contribution in [3.05, 3.63) is 10.4 Å². The molecule has 2 saturated heterocycles. The van der Waals surface area contributed by atoms with Crippen LogP contribution in [0.25, 0.3) is 10.4 Å². The first-order valence-corrected chi connectivity index (χ1v) is 5.16. The number of hydrogen-bond donors (Lipinski definition) is 0. The second-order valence-corrected chi connectivity index (χ2v) is 4.65. The quantitative estimate of drug-likeness (QED) is 0.382. The van der Waals surface area contributed by atoms with Crippen molar-refractivity contribution in [3.63, 3.8) is 0 Å². The van der Waals surface area contributed by atoms with Crippen LogP contribution in [0, 0.1) is 5.41 Å². The molecule has 0 aromatic heterocycles. The molecular formula is C9H17N5. The van der Waals surface area contributed by atoms with Crippen LogP contribution in [0.5, 0.6) is 0 Å². The molecule has 0 aromatic rings. The van der Waals surface area contributed by atoms with E-state index in [2.05, 4.69) is 26.9 Å². The Balaban J connectivity index is 1.75.